The topological polar surface area (TPSA) is 85.1 Å². The Morgan fingerprint density at radius 1 is 1.25 bits per heavy atom. The summed E-state index contributed by atoms with van der Waals surface area (Å²) in [7, 11) is 0. The van der Waals surface area contributed by atoms with Crippen LogP contribution in [-0.4, -0.2) is 37.0 Å². The van der Waals surface area contributed by atoms with Gasteiger partial charge in [-0.2, -0.15) is 0 Å². The highest BCUT2D eigenvalue weighted by molar-refractivity contribution is 7.20. The Balaban J connectivity index is 1.34. The summed E-state index contributed by atoms with van der Waals surface area (Å²) in [5, 5.41) is 12.4. The summed E-state index contributed by atoms with van der Waals surface area (Å²) in [5.41, 5.74) is 2.74. The fourth-order valence-corrected chi connectivity index (χ4v) is 4.69. The van der Waals surface area contributed by atoms with Crippen molar-refractivity contribution in [3.8, 4) is 0 Å². The van der Waals surface area contributed by atoms with Crippen LogP contribution >= 0.6 is 11.3 Å². The summed E-state index contributed by atoms with van der Waals surface area (Å²) >= 11 is 1.46. The van der Waals surface area contributed by atoms with Crippen LogP contribution in [0.2, 0.25) is 0 Å². The number of carbonyl (C=O) groups excluding carboxylic acids is 1. The van der Waals surface area contributed by atoms with Crippen molar-refractivity contribution in [1.82, 2.24) is 29.9 Å². The van der Waals surface area contributed by atoms with Crippen LogP contribution in [0.4, 0.5) is 0 Å². The molecule has 1 amide bonds. The van der Waals surface area contributed by atoms with E-state index in [1.54, 1.807) is 0 Å². The van der Waals surface area contributed by atoms with Crippen LogP contribution < -0.4 is 5.32 Å². The first kappa shape index (κ1) is 17.2. The average Bonchev–Trinajstić information content (AvgIpc) is 3.38. The summed E-state index contributed by atoms with van der Waals surface area (Å²) in [4.78, 5) is 23.8. The van der Waals surface area contributed by atoms with Crippen LogP contribution in [0.5, 0.6) is 0 Å². The minimum Gasteiger partial charge on any atom is -0.351 e. The molecule has 0 aliphatic heterocycles. The highest BCUT2D eigenvalue weighted by Crippen LogP contribution is 2.40. The first-order valence-electron chi connectivity index (χ1n) is 9.46. The van der Waals surface area contributed by atoms with Crippen molar-refractivity contribution in [1.29, 1.82) is 0 Å². The molecule has 0 spiro atoms. The first-order valence-corrected chi connectivity index (χ1v) is 10.3. The molecule has 7 nitrogen and oxygen atoms in total. The maximum atomic E-state index is 12.8. The number of amides is 1. The van der Waals surface area contributed by atoms with E-state index in [1.807, 2.05) is 42.6 Å². The van der Waals surface area contributed by atoms with Gasteiger partial charge in [-0.1, -0.05) is 6.07 Å². The third-order valence-corrected chi connectivity index (χ3v) is 6.34. The summed E-state index contributed by atoms with van der Waals surface area (Å²) in [5.74, 6) is 2.19. The van der Waals surface area contributed by atoms with E-state index in [0.717, 1.165) is 38.8 Å². The number of nitrogens with zero attached hydrogens (tertiary/aromatic N) is 5. The molecule has 4 aromatic rings. The SMILES string of the molecule is Cc1nc(C2CC2)nc2sc(C(=O)NCCc3nnc4ccccn34)c(C)c12. The maximum Gasteiger partial charge on any atom is 0.261 e. The molecule has 1 saturated carbocycles. The van der Waals surface area contributed by atoms with E-state index in [4.69, 9.17) is 4.98 Å². The van der Waals surface area contributed by atoms with Gasteiger partial charge in [-0.05, 0) is 44.4 Å². The Kier molecular flexibility index (Phi) is 4.08. The Bertz CT molecular complexity index is 1210. The van der Waals surface area contributed by atoms with Gasteiger partial charge in [0.1, 0.15) is 16.5 Å². The van der Waals surface area contributed by atoms with Gasteiger partial charge in [0.2, 0.25) is 0 Å². The first-order chi connectivity index (χ1) is 13.6. The Morgan fingerprint density at radius 3 is 2.93 bits per heavy atom. The maximum absolute atomic E-state index is 12.8. The van der Waals surface area contributed by atoms with Crippen LogP contribution in [0.15, 0.2) is 24.4 Å². The molecular formula is C20H20N6OS. The monoisotopic (exact) mass is 392 g/mol. The third-order valence-electron chi connectivity index (χ3n) is 5.16. The van der Waals surface area contributed by atoms with Gasteiger partial charge in [0.25, 0.3) is 5.91 Å². The van der Waals surface area contributed by atoms with Crippen LogP contribution in [-0.2, 0) is 6.42 Å². The fourth-order valence-electron chi connectivity index (χ4n) is 3.53. The molecule has 0 aromatic carbocycles. The standard InChI is InChI=1S/C20H20N6OS/c1-11-16-12(2)22-18(13-6-7-13)23-20(16)28-17(11)19(27)21-9-8-15-25-24-14-5-3-4-10-26(14)15/h3-5,10,13H,6-9H2,1-2H3,(H,21,27). The van der Waals surface area contributed by atoms with E-state index in [-0.39, 0.29) is 5.91 Å². The number of hydrogen-bond acceptors (Lipinski definition) is 6. The summed E-state index contributed by atoms with van der Waals surface area (Å²) in [6.45, 7) is 4.49. The lowest BCUT2D eigenvalue weighted by atomic mass is 10.1. The molecule has 1 N–H and O–H groups in total. The Morgan fingerprint density at radius 2 is 2.11 bits per heavy atom. The molecule has 5 rings (SSSR count). The number of pyridine rings is 1. The van der Waals surface area contributed by atoms with Gasteiger partial charge in [-0.25, -0.2) is 9.97 Å². The molecule has 8 heteroatoms. The van der Waals surface area contributed by atoms with Crippen molar-refractivity contribution >= 4 is 33.1 Å². The van der Waals surface area contributed by atoms with Gasteiger partial charge in [0, 0.05) is 30.5 Å². The van der Waals surface area contributed by atoms with Crippen LogP contribution in [0.25, 0.3) is 15.9 Å². The number of rotatable bonds is 5. The van der Waals surface area contributed by atoms with E-state index >= 15 is 0 Å². The van der Waals surface area contributed by atoms with Crippen molar-refractivity contribution in [2.24, 2.45) is 0 Å². The second-order valence-corrected chi connectivity index (χ2v) is 8.23. The lowest BCUT2D eigenvalue weighted by Gasteiger charge is -2.04. The molecular weight excluding hydrogens is 372 g/mol. The predicted molar refractivity (Wildman–Crippen MR) is 108 cm³/mol. The second kappa shape index (κ2) is 6.63. The molecule has 1 aliphatic rings. The van der Waals surface area contributed by atoms with E-state index < -0.39 is 0 Å². The van der Waals surface area contributed by atoms with E-state index in [2.05, 4.69) is 20.5 Å². The molecule has 28 heavy (non-hydrogen) atoms. The van der Waals surface area contributed by atoms with Crippen LogP contribution in [0, 0.1) is 13.8 Å². The number of aryl methyl sites for hydroxylation is 2. The van der Waals surface area contributed by atoms with Gasteiger partial charge in [0.05, 0.1) is 10.6 Å². The number of aromatic nitrogens is 5. The van der Waals surface area contributed by atoms with Crippen LogP contribution in [0.1, 0.15) is 51.3 Å². The zero-order chi connectivity index (χ0) is 19.3. The minimum absolute atomic E-state index is 0.0679. The van der Waals surface area contributed by atoms with Crippen molar-refractivity contribution in [2.45, 2.75) is 39.0 Å². The molecule has 1 fully saturated rings. The zero-order valence-electron chi connectivity index (χ0n) is 15.8. The fraction of sp³-hybridized carbons (Fsp3) is 0.350. The van der Waals surface area contributed by atoms with Gasteiger partial charge in [0.15, 0.2) is 5.65 Å². The molecule has 0 atom stereocenters. The Hall–Kier alpha value is -2.87. The molecule has 142 valence electrons. The highest BCUT2D eigenvalue weighted by atomic mass is 32.1. The molecule has 4 heterocycles. The van der Waals surface area contributed by atoms with Crippen molar-refractivity contribution < 1.29 is 4.79 Å². The molecule has 0 bridgehead atoms. The smallest absolute Gasteiger partial charge is 0.261 e. The summed E-state index contributed by atoms with van der Waals surface area (Å²) in [6, 6.07) is 5.78. The van der Waals surface area contributed by atoms with Gasteiger partial charge in [-0.15, -0.1) is 21.5 Å². The van der Waals surface area contributed by atoms with Gasteiger partial charge < -0.3 is 5.32 Å². The number of carbonyl (C=O) groups is 1. The summed E-state index contributed by atoms with van der Waals surface area (Å²) < 4.78 is 1.94. The van der Waals surface area contributed by atoms with Crippen molar-refractivity contribution in [3.05, 3.63) is 52.2 Å². The third kappa shape index (κ3) is 2.93. The molecule has 4 aromatic heterocycles. The Labute approximate surface area is 165 Å². The van der Waals surface area contributed by atoms with Crippen molar-refractivity contribution in [3.63, 3.8) is 0 Å². The highest BCUT2D eigenvalue weighted by Gasteiger charge is 2.28. The summed E-state index contributed by atoms with van der Waals surface area (Å²) in [6.07, 6.45) is 4.88. The quantitative estimate of drug-likeness (QED) is 0.564. The van der Waals surface area contributed by atoms with E-state index in [1.165, 1.54) is 24.2 Å². The number of fused-ring (bicyclic) bond motifs is 2. The van der Waals surface area contributed by atoms with Gasteiger partial charge in [-0.3, -0.25) is 9.20 Å². The molecule has 1 aliphatic carbocycles. The normalized spacial score (nSPS) is 14.1. The molecule has 0 saturated heterocycles. The van der Waals surface area contributed by atoms with E-state index in [0.29, 0.717) is 23.8 Å². The van der Waals surface area contributed by atoms with Gasteiger partial charge >= 0.3 is 0 Å². The molecule has 0 radical (unpaired) electrons. The predicted octanol–water partition coefficient (Wildman–Crippen LogP) is 3.20. The number of hydrogen-bond donors (Lipinski definition) is 1. The van der Waals surface area contributed by atoms with Crippen LogP contribution in [0.3, 0.4) is 0 Å². The second-order valence-electron chi connectivity index (χ2n) is 7.23. The average molecular weight is 392 g/mol. The zero-order valence-corrected chi connectivity index (χ0v) is 16.6. The molecule has 0 unspecified atom stereocenters. The van der Waals surface area contributed by atoms with E-state index in [9.17, 15) is 4.79 Å². The number of nitrogens with one attached hydrogen (secondary N) is 1. The largest absolute Gasteiger partial charge is 0.351 e. The van der Waals surface area contributed by atoms with Crippen molar-refractivity contribution in [2.75, 3.05) is 6.54 Å². The lowest BCUT2D eigenvalue weighted by Crippen LogP contribution is -2.26. The number of thiophene rings is 1. The lowest BCUT2D eigenvalue weighted by molar-refractivity contribution is 0.0957. The minimum atomic E-state index is -0.0679.